The van der Waals surface area contributed by atoms with Crippen molar-refractivity contribution in [2.45, 2.75) is 0 Å². The molecule has 2 aliphatic rings. The molecule has 0 aromatic heterocycles. The standard InChI is InChI=1S/C22H10Cl2N2O4/c23-11-5-7-13-15(9-11)21(29)25(19(13)27)17-3-1-2-4-18(17)26-20(28)14-8-6-12(24)10-16(14)22(26)30/h1-10H. The number of carbonyl (C=O) groups is 4. The van der Waals surface area contributed by atoms with Crippen LogP contribution in [0.3, 0.4) is 0 Å². The Morgan fingerprint density at radius 3 is 1.27 bits per heavy atom. The number of anilines is 2. The van der Waals surface area contributed by atoms with Crippen LogP contribution in [0, 0.1) is 0 Å². The first kappa shape index (κ1) is 18.5. The largest absolute Gasteiger partial charge is 0.268 e. The molecule has 0 bridgehead atoms. The van der Waals surface area contributed by atoms with Gasteiger partial charge in [0.25, 0.3) is 23.6 Å². The fourth-order valence-electron chi connectivity index (χ4n) is 3.71. The zero-order valence-corrected chi connectivity index (χ0v) is 16.6. The first-order valence-corrected chi connectivity index (χ1v) is 9.60. The summed E-state index contributed by atoms with van der Waals surface area (Å²) in [5, 5.41) is 0.643. The normalized spacial score (nSPS) is 15.1. The average Bonchev–Trinajstić information content (AvgIpc) is 3.12. The molecule has 2 heterocycles. The van der Waals surface area contributed by atoms with Gasteiger partial charge in [0.1, 0.15) is 0 Å². The van der Waals surface area contributed by atoms with E-state index in [1.165, 1.54) is 48.5 Å². The highest BCUT2D eigenvalue weighted by Gasteiger charge is 2.42. The van der Waals surface area contributed by atoms with Gasteiger partial charge in [-0.25, -0.2) is 9.80 Å². The van der Waals surface area contributed by atoms with Crippen molar-refractivity contribution >= 4 is 58.2 Å². The van der Waals surface area contributed by atoms with Crippen LogP contribution in [0.15, 0.2) is 60.7 Å². The molecule has 0 aliphatic carbocycles. The van der Waals surface area contributed by atoms with Crippen molar-refractivity contribution in [3.05, 3.63) is 93.0 Å². The van der Waals surface area contributed by atoms with Crippen LogP contribution >= 0.6 is 23.2 Å². The van der Waals surface area contributed by atoms with Crippen LogP contribution in [0.4, 0.5) is 11.4 Å². The fraction of sp³-hybridized carbons (Fsp3) is 0. The average molecular weight is 437 g/mol. The summed E-state index contributed by atoms with van der Waals surface area (Å²) in [4.78, 5) is 53.8. The number of para-hydroxylation sites is 2. The Hall–Kier alpha value is -3.48. The minimum atomic E-state index is -0.579. The second kappa shape index (κ2) is 6.52. The van der Waals surface area contributed by atoms with E-state index in [4.69, 9.17) is 23.2 Å². The third-order valence-electron chi connectivity index (χ3n) is 5.06. The summed E-state index contributed by atoms with van der Waals surface area (Å²) < 4.78 is 0. The minimum absolute atomic E-state index is 0.125. The number of carbonyl (C=O) groups excluding carboxylic acids is 4. The van der Waals surface area contributed by atoms with Gasteiger partial charge in [-0.2, -0.15) is 0 Å². The number of imide groups is 2. The molecular formula is C22H10Cl2N2O4. The lowest BCUT2D eigenvalue weighted by Crippen LogP contribution is -2.35. The predicted molar refractivity (Wildman–Crippen MR) is 112 cm³/mol. The van der Waals surface area contributed by atoms with Crippen LogP contribution in [-0.4, -0.2) is 23.6 Å². The summed E-state index contributed by atoms with van der Waals surface area (Å²) in [5.74, 6) is -2.27. The second-order valence-corrected chi connectivity index (χ2v) is 7.63. The molecule has 3 aromatic carbocycles. The lowest BCUT2D eigenvalue weighted by molar-refractivity contribution is 0.0904. The Balaban J connectivity index is 1.64. The van der Waals surface area contributed by atoms with E-state index in [9.17, 15) is 19.2 Å². The van der Waals surface area contributed by atoms with Crippen LogP contribution in [-0.2, 0) is 0 Å². The number of hydrogen-bond donors (Lipinski definition) is 0. The number of benzene rings is 3. The van der Waals surface area contributed by atoms with Gasteiger partial charge in [0, 0.05) is 10.0 Å². The zero-order valence-electron chi connectivity index (χ0n) is 15.1. The second-order valence-electron chi connectivity index (χ2n) is 6.76. The maximum atomic E-state index is 13.0. The van der Waals surface area contributed by atoms with Crippen molar-refractivity contribution in [2.75, 3.05) is 9.80 Å². The fourth-order valence-corrected chi connectivity index (χ4v) is 4.05. The Morgan fingerprint density at radius 1 is 0.500 bits per heavy atom. The van der Waals surface area contributed by atoms with Crippen molar-refractivity contribution in [1.82, 2.24) is 0 Å². The Bertz CT molecular complexity index is 1220. The summed E-state index contributed by atoms with van der Waals surface area (Å²) in [6, 6.07) is 15.1. The molecule has 5 rings (SSSR count). The molecule has 8 heteroatoms. The Morgan fingerprint density at radius 2 is 0.867 bits per heavy atom. The van der Waals surface area contributed by atoms with Crippen molar-refractivity contribution < 1.29 is 19.2 Å². The van der Waals surface area contributed by atoms with E-state index >= 15 is 0 Å². The molecule has 0 fully saturated rings. The maximum Gasteiger partial charge on any atom is 0.266 e. The molecule has 146 valence electrons. The highest BCUT2D eigenvalue weighted by atomic mass is 35.5. The van der Waals surface area contributed by atoms with E-state index in [0.717, 1.165) is 9.80 Å². The van der Waals surface area contributed by atoms with Gasteiger partial charge in [0.05, 0.1) is 33.6 Å². The highest BCUT2D eigenvalue weighted by molar-refractivity contribution is 6.40. The third-order valence-corrected chi connectivity index (χ3v) is 5.53. The molecule has 0 radical (unpaired) electrons. The van der Waals surface area contributed by atoms with Crippen LogP contribution in [0.2, 0.25) is 10.0 Å². The van der Waals surface area contributed by atoms with Gasteiger partial charge in [-0.3, -0.25) is 19.2 Å². The first-order chi connectivity index (χ1) is 14.4. The van der Waals surface area contributed by atoms with Crippen LogP contribution in [0.1, 0.15) is 41.4 Å². The lowest BCUT2D eigenvalue weighted by Gasteiger charge is -2.22. The van der Waals surface area contributed by atoms with E-state index in [0.29, 0.717) is 10.0 Å². The third kappa shape index (κ3) is 2.51. The quantitative estimate of drug-likeness (QED) is 0.550. The zero-order chi connectivity index (χ0) is 21.2. The van der Waals surface area contributed by atoms with Gasteiger partial charge in [-0.15, -0.1) is 0 Å². The van der Waals surface area contributed by atoms with Gasteiger partial charge >= 0.3 is 0 Å². The van der Waals surface area contributed by atoms with Crippen molar-refractivity contribution in [1.29, 1.82) is 0 Å². The molecule has 2 aliphatic heterocycles. The number of halogens is 2. The van der Waals surface area contributed by atoms with Crippen LogP contribution in [0.25, 0.3) is 0 Å². The van der Waals surface area contributed by atoms with Crippen molar-refractivity contribution in [3.8, 4) is 0 Å². The first-order valence-electron chi connectivity index (χ1n) is 8.84. The van der Waals surface area contributed by atoms with E-state index in [1.54, 1.807) is 12.1 Å². The van der Waals surface area contributed by atoms with E-state index in [-0.39, 0.29) is 33.6 Å². The Labute approximate surface area is 180 Å². The number of hydrogen-bond acceptors (Lipinski definition) is 4. The molecule has 0 unspecified atom stereocenters. The molecule has 30 heavy (non-hydrogen) atoms. The molecule has 0 saturated heterocycles. The summed E-state index contributed by atoms with van der Waals surface area (Å²) in [6.45, 7) is 0. The monoisotopic (exact) mass is 436 g/mol. The molecule has 6 nitrogen and oxygen atoms in total. The molecule has 0 N–H and O–H groups in total. The maximum absolute atomic E-state index is 13.0. The molecule has 0 atom stereocenters. The summed E-state index contributed by atoms with van der Waals surface area (Å²) >= 11 is 12.0. The van der Waals surface area contributed by atoms with E-state index < -0.39 is 23.6 Å². The number of nitrogens with zero attached hydrogens (tertiary/aromatic N) is 2. The van der Waals surface area contributed by atoms with Gasteiger partial charge in [-0.1, -0.05) is 35.3 Å². The number of fused-ring (bicyclic) bond motifs is 2. The lowest BCUT2D eigenvalue weighted by atomic mass is 10.1. The SMILES string of the molecule is O=C1c2ccc(Cl)cc2C(=O)N1c1ccccc1N1C(=O)c2ccc(Cl)cc2C1=O. The molecule has 0 saturated carbocycles. The topological polar surface area (TPSA) is 74.8 Å². The minimum Gasteiger partial charge on any atom is -0.268 e. The van der Waals surface area contributed by atoms with Gasteiger partial charge < -0.3 is 0 Å². The molecular weight excluding hydrogens is 427 g/mol. The number of rotatable bonds is 2. The van der Waals surface area contributed by atoms with Crippen LogP contribution in [0.5, 0.6) is 0 Å². The summed E-state index contributed by atoms with van der Waals surface area (Å²) in [6.07, 6.45) is 0. The smallest absolute Gasteiger partial charge is 0.266 e. The molecule has 4 amide bonds. The summed E-state index contributed by atoms with van der Waals surface area (Å²) in [7, 11) is 0. The van der Waals surface area contributed by atoms with Crippen LogP contribution < -0.4 is 9.80 Å². The van der Waals surface area contributed by atoms with Gasteiger partial charge in [0.2, 0.25) is 0 Å². The highest BCUT2D eigenvalue weighted by Crippen LogP contribution is 2.39. The number of amides is 4. The van der Waals surface area contributed by atoms with E-state index in [2.05, 4.69) is 0 Å². The predicted octanol–water partition coefficient (Wildman–Crippen LogP) is 4.59. The van der Waals surface area contributed by atoms with Crippen molar-refractivity contribution in [2.24, 2.45) is 0 Å². The van der Waals surface area contributed by atoms with Gasteiger partial charge in [0.15, 0.2) is 0 Å². The summed E-state index contributed by atoms with van der Waals surface area (Å²) in [5.41, 5.74) is 0.982. The van der Waals surface area contributed by atoms with Gasteiger partial charge in [-0.05, 0) is 48.5 Å². The molecule has 0 spiro atoms. The van der Waals surface area contributed by atoms with Crippen molar-refractivity contribution in [3.63, 3.8) is 0 Å². The van der Waals surface area contributed by atoms with E-state index in [1.807, 2.05) is 0 Å². The molecule has 3 aromatic rings. The Kier molecular flexibility index (Phi) is 4.03.